The van der Waals surface area contributed by atoms with E-state index in [2.05, 4.69) is 4.98 Å². The molecule has 0 amide bonds. The van der Waals surface area contributed by atoms with E-state index in [9.17, 15) is 4.79 Å². The van der Waals surface area contributed by atoms with E-state index in [4.69, 9.17) is 4.74 Å². The van der Waals surface area contributed by atoms with E-state index in [1.165, 1.54) is 6.92 Å². The van der Waals surface area contributed by atoms with Crippen molar-refractivity contribution in [2.24, 2.45) is 7.05 Å². The summed E-state index contributed by atoms with van der Waals surface area (Å²) in [5.41, 5.74) is 1.95. The highest BCUT2D eigenvalue weighted by Gasteiger charge is 2.16. The van der Waals surface area contributed by atoms with Crippen LogP contribution in [0.3, 0.4) is 0 Å². The molecule has 0 aliphatic carbocycles. The van der Waals surface area contributed by atoms with Crippen molar-refractivity contribution in [2.75, 3.05) is 0 Å². The molecule has 2 rings (SSSR count). The number of aryl methyl sites for hydroxylation is 1. The minimum atomic E-state index is -0.324. The van der Waals surface area contributed by atoms with Crippen LogP contribution < -0.4 is 0 Å². The molecule has 16 heavy (non-hydrogen) atoms. The van der Waals surface area contributed by atoms with E-state index >= 15 is 0 Å². The Morgan fingerprint density at radius 3 is 2.75 bits per heavy atom. The highest BCUT2D eigenvalue weighted by molar-refractivity contribution is 5.76. The van der Waals surface area contributed by atoms with Crippen molar-refractivity contribution in [3.05, 3.63) is 30.1 Å². The van der Waals surface area contributed by atoms with Crippen LogP contribution in [0, 0.1) is 0 Å². The second-order valence-electron chi connectivity index (χ2n) is 3.77. The van der Waals surface area contributed by atoms with Gasteiger partial charge in [-0.15, -0.1) is 0 Å². The number of ether oxygens (including phenoxy) is 1. The molecule has 1 aromatic carbocycles. The second kappa shape index (κ2) is 3.96. The third kappa shape index (κ3) is 1.78. The average molecular weight is 218 g/mol. The van der Waals surface area contributed by atoms with Gasteiger partial charge in [0.2, 0.25) is 0 Å². The maximum atomic E-state index is 10.9. The molecule has 4 nitrogen and oxygen atoms in total. The molecule has 84 valence electrons. The third-order valence-electron chi connectivity index (χ3n) is 2.53. The largest absolute Gasteiger partial charge is 0.455 e. The van der Waals surface area contributed by atoms with Crippen LogP contribution in [0.2, 0.25) is 0 Å². The molecule has 1 aromatic heterocycles. The summed E-state index contributed by atoms with van der Waals surface area (Å²) in [6, 6.07) is 7.84. The number of rotatable bonds is 2. The van der Waals surface area contributed by atoms with E-state index in [1.54, 1.807) is 0 Å². The zero-order valence-corrected chi connectivity index (χ0v) is 9.60. The predicted molar refractivity (Wildman–Crippen MR) is 60.9 cm³/mol. The number of hydrogen-bond donors (Lipinski definition) is 0. The number of para-hydroxylation sites is 2. The lowest BCUT2D eigenvalue weighted by Crippen LogP contribution is -2.09. The van der Waals surface area contributed by atoms with Gasteiger partial charge in [0, 0.05) is 14.0 Å². The molecule has 1 heterocycles. The van der Waals surface area contributed by atoms with E-state index in [-0.39, 0.29) is 12.1 Å². The Kier molecular flexibility index (Phi) is 2.64. The molecule has 0 aliphatic rings. The van der Waals surface area contributed by atoms with Crippen molar-refractivity contribution in [3.8, 4) is 0 Å². The zero-order chi connectivity index (χ0) is 11.7. The highest BCUT2D eigenvalue weighted by Crippen LogP contribution is 2.21. The smallest absolute Gasteiger partial charge is 0.303 e. The van der Waals surface area contributed by atoms with Gasteiger partial charge in [0.1, 0.15) is 0 Å². The minimum Gasteiger partial charge on any atom is -0.455 e. The van der Waals surface area contributed by atoms with Gasteiger partial charge in [0.15, 0.2) is 11.9 Å². The van der Waals surface area contributed by atoms with Crippen molar-refractivity contribution < 1.29 is 9.53 Å². The summed E-state index contributed by atoms with van der Waals surface area (Å²) < 4.78 is 7.07. The van der Waals surface area contributed by atoms with E-state index in [1.807, 2.05) is 42.8 Å². The van der Waals surface area contributed by atoms with E-state index in [0.717, 1.165) is 16.9 Å². The lowest BCUT2D eigenvalue weighted by molar-refractivity contribution is -0.146. The SMILES string of the molecule is CC(=O)O[C@H](C)c1nc2ccccc2n1C. The van der Waals surface area contributed by atoms with E-state index in [0.29, 0.717) is 0 Å². The number of hydrogen-bond acceptors (Lipinski definition) is 3. The number of nitrogens with zero attached hydrogens (tertiary/aromatic N) is 2. The highest BCUT2D eigenvalue weighted by atomic mass is 16.5. The second-order valence-corrected chi connectivity index (χ2v) is 3.77. The van der Waals surface area contributed by atoms with Gasteiger partial charge in [0.25, 0.3) is 0 Å². The summed E-state index contributed by atoms with van der Waals surface area (Å²) in [5.74, 6) is 0.468. The van der Waals surface area contributed by atoms with Crippen molar-refractivity contribution in [1.29, 1.82) is 0 Å². The van der Waals surface area contributed by atoms with Crippen LogP contribution in [-0.2, 0) is 16.6 Å². The molecule has 0 radical (unpaired) electrons. The van der Waals surface area contributed by atoms with Gasteiger partial charge >= 0.3 is 5.97 Å². The van der Waals surface area contributed by atoms with Gasteiger partial charge in [-0.1, -0.05) is 12.1 Å². The number of esters is 1. The standard InChI is InChI=1S/C12H14N2O2/c1-8(16-9(2)15)12-13-10-6-4-5-7-11(10)14(12)3/h4-8H,1-3H3/t8-/m1/s1. The Balaban J connectivity index is 2.45. The van der Waals surface area contributed by atoms with Crippen LogP contribution in [0.15, 0.2) is 24.3 Å². The molecule has 1 atom stereocenters. The number of carbonyl (C=O) groups excluding carboxylic acids is 1. The van der Waals surface area contributed by atoms with Gasteiger partial charge in [-0.25, -0.2) is 4.98 Å². The molecule has 2 aromatic rings. The lowest BCUT2D eigenvalue weighted by atomic mass is 10.3. The molecule has 0 saturated carbocycles. The fourth-order valence-corrected chi connectivity index (χ4v) is 1.83. The topological polar surface area (TPSA) is 44.1 Å². The Morgan fingerprint density at radius 1 is 1.44 bits per heavy atom. The summed E-state index contributed by atoms with van der Waals surface area (Å²) in [6.07, 6.45) is -0.324. The molecule has 0 N–H and O–H groups in total. The molecule has 0 spiro atoms. The van der Waals surface area contributed by atoms with E-state index < -0.39 is 0 Å². The molecule has 0 aliphatic heterocycles. The lowest BCUT2D eigenvalue weighted by Gasteiger charge is -2.11. The summed E-state index contributed by atoms with van der Waals surface area (Å²) >= 11 is 0. The maximum absolute atomic E-state index is 10.9. The Morgan fingerprint density at radius 2 is 2.12 bits per heavy atom. The minimum absolute atomic E-state index is 0.292. The monoisotopic (exact) mass is 218 g/mol. The first kappa shape index (κ1) is 10.7. The summed E-state index contributed by atoms with van der Waals surface area (Å²) in [6.45, 7) is 3.22. The molecule has 0 unspecified atom stereocenters. The van der Waals surface area contributed by atoms with Gasteiger partial charge < -0.3 is 9.30 Å². The Labute approximate surface area is 93.9 Å². The molecular formula is C12H14N2O2. The van der Waals surface area contributed by atoms with Crippen LogP contribution in [0.1, 0.15) is 25.8 Å². The quantitative estimate of drug-likeness (QED) is 0.726. The number of aromatic nitrogens is 2. The van der Waals surface area contributed by atoms with Gasteiger partial charge in [0.05, 0.1) is 11.0 Å². The Bertz CT molecular complexity index is 531. The third-order valence-corrected chi connectivity index (χ3v) is 2.53. The normalized spacial score (nSPS) is 12.7. The fourth-order valence-electron chi connectivity index (χ4n) is 1.83. The summed E-state index contributed by atoms with van der Waals surface area (Å²) in [5, 5.41) is 0. The van der Waals surface area contributed by atoms with Crippen LogP contribution >= 0.6 is 0 Å². The maximum Gasteiger partial charge on any atom is 0.303 e. The predicted octanol–water partition coefficient (Wildman–Crippen LogP) is 2.20. The van der Waals surface area contributed by atoms with Crippen molar-refractivity contribution >= 4 is 17.0 Å². The Hall–Kier alpha value is -1.84. The molecule has 0 saturated heterocycles. The molecule has 0 bridgehead atoms. The number of imidazole rings is 1. The fraction of sp³-hybridized carbons (Fsp3) is 0.333. The van der Waals surface area contributed by atoms with Crippen molar-refractivity contribution in [1.82, 2.24) is 9.55 Å². The first-order valence-corrected chi connectivity index (χ1v) is 5.18. The number of benzene rings is 1. The molecule has 0 fully saturated rings. The van der Waals surface area contributed by atoms with Gasteiger partial charge in [-0.2, -0.15) is 0 Å². The van der Waals surface area contributed by atoms with Crippen LogP contribution in [-0.4, -0.2) is 15.5 Å². The molecule has 4 heteroatoms. The summed E-state index contributed by atoms with van der Waals surface area (Å²) in [4.78, 5) is 15.3. The van der Waals surface area contributed by atoms with Crippen LogP contribution in [0.25, 0.3) is 11.0 Å². The van der Waals surface area contributed by atoms with Crippen molar-refractivity contribution in [2.45, 2.75) is 20.0 Å². The van der Waals surface area contributed by atoms with Crippen molar-refractivity contribution in [3.63, 3.8) is 0 Å². The molecular weight excluding hydrogens is 204 g/mol. The van der Waals surface area contributed by atoms with Crippen LogP contribution in [0.4, 0.5) is 0 Å². The summed E-state index contributed by atoms with van der Waals surface area (Å²) in [7, 11) is 1.92. The first-order chi connectivity index (χ1) is 7.59. The first-order valence-electron chi connectivity index (χ1n) is 5.18. The number of carbonyl (C=O) groups is 1. The van der Waals surface area contributed by atoms with Gasteiger partial charge in [-0.05, 0) is 19.1 Å². The number of fused-ring (bicyclic) bond motifs is 1. The zero-order valence-electron chi connectivity index (χ0n) is 9.60. The van der Waals surface area contributed by atoms with Crippen LogP contribution in [0.5, 0.6) is 0 Å². The van der Waals surface area contributed by atoms with Gasteiger partial charge in [-0.3, -0.25) is 4.79 Å². The average Bonchev–Trinajstić information content (AvgIpc) is 2.56.